The van der Waals surface area contributed by atoms with Crippen LogP contribution in [0.4, 0.5) is 16.2 Å². The van der Waals surface area contributed by atoms with Crippen LogP contribution in [-0.4, -0.2) is 61.0 Å². The number of carbonyl (C=O) groups excluding carboxylic acids is 1. The summed E-state index contributed by atoms with van der Waals surface area (Å²) in [4.78, 5) is 39.8. The van der Waals surface area contributed by atoms with Crippen LogP contribution >= 0.6 is 11.8 Å². The van der Waals surface area contributed by atoms with Crippen LogP contribution in [0.2, 0.25) is 0 Å². The highest BCUT2D eigenvalue weighted by molar-refractivity contribution is 7.92. The summed E-state index contributed by atoms with van der Waals surface area (Å²) in [5.41, 5.74) is 2.09. The molecule has 12 nitrogen and oxygen atoms in total. The van der Waals surface area contributed by atoms with Crippen LogP contribution in [0.1, 0.15) is 41.7 Å². The summed E-state index contributed by atoms with van der Waals surface area (Å²) in [6.07, 6.45) is 1.37. The number of carboxylic acids is 1. The number of nitrogens with zero attached hydrogens (tertiary/aromatic N) is 1. The summed E-state index contributed by atoms with van der Waals surface area (Å²) in [7, 11) is -0.417. The van der Waals surface area contributed by atoms with Crippen LogP contribution < -0.4 is 16.2 Å². The number of aliphatic carboxylic acids is 1. The first kappa shape index (κ1) is 32.9. The number of aromatic nitrogens is 1. The second kappa shape index (κ2) is 13.9. The number of anilines is 2. The number of rotatable bonds is 13. The van der Waals surface area contributed by atoms with E-state index in [1.54, 1.807) is 67.8 Å². The van der Waals surface area contributed by atoms with E-state index in [4.69, 9.17) is 21.3 Å². The molecule has 1 heterocycles. The van der Waals surface area contributed by atoms with Gasteiger partial charge in [-0.15, -0.1) is 0 Å². The first-order chi connectivity index (χ1) is 22.0. The average molecular weight is 669 g/mol. The number of hydrogen-bond donors (Lipinski definition) is 4. The van der Waals surface area contributed by atoms with Crippen molar-refractivity contribution in [3.63, 3.8) is 0 Å². The smallest absolute Gasteiger partial charge is 0.411 e. The van der Waals surface area contributed by atoms with Crippen LogP contribution in [0, 0.1) is 0 Å². The number of pyridine rings is 1. The summed E-state index contributed by atoms with van der Waals surface area (Å²) >= 11 is 6.02. The molecule has 4 aromatic rings. The minimum absolute atomic E-state index is 0.148. The molecule has 0 aliphatic heterocycles. The molecule has 242 valence electrons. The zero-order valence-electron chi connectivity index (χ0n) is 25.0. The molecule has 0 spiro atoms. The molecule has 5 rings (SSSR count). The highest BCUT2D eigenvalue weighted by Crippen LogP contribution is 2.36. The largest absolute Gasteiger partial charge is 0.479 e. The molecular formula is C32H33ClN4O8S. The monoisotopic (exact) mass is 668 g/mol. The number of methoxy groups -OCH3 is 1. The van der Waals surface area contributed by atoms with E-state index in [0.717, 1.165) is 5.39 Å². The van der Waals surface area contributed by atoms with Gasteiger partial charge in [-0.2, -0.15) is 0 Å². The second-order valence-corrected chi connectivity index (χ2v) is 13.7. The van der Waals surface area contributed by atoms with E-state index >= 15 is 0 Å². The number of amides is 1. The van der Waals surface area contributed by atoms with Gasteiger partial charge in [-0.3, -0.25) is 10.1 Å². The SMILES string of the molecule is CO[C@@H](COC(=O)Nc1ccc(S(=O)(=O)C2CC2)c(CN(C)Cl)c1)c1ccc(C(Nc2ccc3cc[nH]c(=O)c3c2)C(=O)O)cc1. The molecular weight excluding hydrogens is 636 g/mol. The van der Waals surface area contributed by atoms with Crippen molar-refractivity contribution in [2.75, 3.05) is 31.4 Å². The molecule has 0 saturated heterocycles. The number of carboxylic acid groups (broad SMARTS) is 1. The summed E-state index contributed by atoms with van der Waals surface area (Å²) < 4.78 is 38.0. The number of carbonyl (C=O) groups is 2. The summed E-state index contributed by atoms with van der Waals surface area (Å²) in [5.74, 6) is -1.11. The maximum absolute atomic E-state index is 12.9. The Morgan fingerprint density at radius 1 is 1.04 bits per heavy atom. The Kier molecular flexibility index (Phi) is 9.97. The van der Waals surface area contributed by atoms with Crippen molar-refractivity contribution in [2.45, 2.75) is 41.7 Å². The number of H-pyrrole nitrogens is 1. The topological polar surface area (TPSA) is 167 Å². The molecule has 1 saturated carbocycles. The molecule has 2 atom stereocenters. The zero-order valence-corrected chi connectivity index (χ0v) is 26.6. The molecule has 1 amide bonds. The van der Waals surface area contributed by atoms with E-state index < -0.39 is 39.3 Å². The van der Waals surface area contributed by atoms with Gasteiger partial charge in [0.1, 0.15) is 12.7 Å². The molecule has 1 aromatic heterocycles. The molecule has 1 aliphatic rings. The van der Waals surface area contributed by atoms with Crippen molar-refractivity contribution in [1.82, 2.24) is 9.40 Å². The number of benzene rings is 3. The van der Waals surface area contributed by atoms with E-state index in [2.05, 4.69) is 15.6 Å². The lowest BCUT2D eigenvalue weighted by Crippen LogP contribution is -2.21. The molecule has 1 fully saturated rings. The van der Waals surface area contributed by atoms with Crippen molar-refractivity contribution >= 4 is 55.8 Å². The Labute approximate surface area is 270 Å². The quantitative estimate of drug-likeness (QED) is 0.139. The predicted molar refractivity (Wildman–Crippen MR) is 174 cm³/mol. The minimum atomic E-state index is -3.48. The van der Waals surface area contributed by atoms with Crippen molar-refractivity contribution in [1.29, 1.82) is 0 Å². The van der Waals surface area contributed by atoms with Gasteiger partial charge < -0.3 is 24.9 Å². The Bertz CT molecular complexity index is 1910. The van der Waals surface area contributed by atoms with E-state index in [1.165, 1.54) is 23.7 Å². The Hall–Kier alpha value is -4.43. The molecule has 1 aliphatic carbocycles. The highest BCUT2D eigenvalue weighted by atomic mass is 35.5. The highest BCUT2D eigenvalue weighted by Gasteiger charge is 2.38. The normalized spacial score (nSPS) is 14.5. The zero-order chi connectivity index (χ0) is 33.0. The standard InChI is InChI=1S/C32H33ClN4O8S/c1-37(33)17-22-15-23(9-12-28(22)46(42,43)25-10-11-25)36-32(41)45-18-27(44-2)20-3-5-21(6-4-20)29(31(39)40)35-24-8-7-19-13-14-34-30(38)26(19)16-24/h3-9,12-16,25,27,29,35H,10-11,17-18H2,1-2H3,(H,34,38)(H,36,41)(H,39,40)/t27-,29?/m0/s1. The summed E-state index contributed by atoms with van der Waals surface area (Å²) in [6.45, 7) is -0.00514. The van der Waals surface area contributed by atoms with Crippen molar-refractivity contribution in [3.05, 3.63) is 100.0 Å². The first-order valence-electron chi connectivity index (χ1n) is 14.4. The first-order valence-corrected chi connectivity index (χ1v) is 16.3. The Morgan fingerprint density at radius 3 is 2.39 bits per heavy atom. The lowest BCUT2D eigenvalue weighted by molar-refractivity contribution is -0.138. The molecule has 46 heavy (non-hydrogen) atoms. The van der Waals surface area contributed by atoms with Gasteiger partial charge in [-0.05, 0) is 83.1 Å². The lowest BCUT2D eigenvalue weighted by Gasteiger charge is -2.19. The molecule has 1 unspecified atom stereocenters. The van der Waals surface area contributed by atoms with Gasteiger partial charge in [0.25, 0.3) is 5.56 Å². The average Bonchev–Trinajstić information content (AvgIpc) is 3.87. The Morgan fingerprint density at radius 2 is 1.74 bits per heavy atom. The number of hydrogen-bond acceptors (Lipinski definition) is 9. The predicted octanol–water partition coefficient (Wildman–Crippen LogP) is 5.22. The second-order valence-electron chi connectivity index (χ2n) is 11.0. The number of fused-ring (bicyclic) bond motifs is 1. The van der Waals surface area contributed by atoms with Crippen LogP contribution in [0.5, 0.6) is 0 Å². The van der Waals surface area contributed by atoms with E-state index in [9.17, 15) is 27.9 Å². The van der Waals surface area contributed by atoms with Crippen LogP contribution in [0.3, 0.4) is 0 Å². The lowest BCUT2D eigenvalue weighted by atomic mass is 10.0. The van der Waals surface area contributed by atoms with Crippen LogP contribution in [0.25, 0.3) is 10.8 Å². The molecule has 0 radical (unpaired) electrons. The van der Waals surface area contributed by atoms with Gasteiger partial charge >= 0.3 is 12.1 Å². The number of nitrogens with one attached hydrogen (secondary N) is 3. The fourth-order valence-corrected chi connectivity index (χ4v) is 7.08. The fraction of sp³-hybridized carbons (Fsp3) is 0.281. The number of aromatic amines is 1. The van der Waals surface area contributed by atoms with Gasteiger partial charge in [0.15, 0.2) is 15.9 Å². The maximum atomic E-state index is 12.9. The molecule has 3 aromatic carbocycles. The summed E-state index contributed by atoms with van der Waals surface area (Å²) in [5, 5.41) is 16.3. The third-order valence-electron chi connectivity index (χ3n) is 7.59. The molecule has 0 bridgehead atoms. The minimum Gasteiger partial charge on any atom is -0.479 e. The third kappa shape index (κ3) is 7.68. The van der Waals surface area contributed by atoms with E-state index in [1.807, 2.05) is 0 Å². The van der Waals surface area contributed by atoms with Crippen molar-refractivity contribution in [2.24, 2.45) is 0 Å². The van der Waals surface area contributed by atoms with Gasteiger partial charge in [-0.1, -0.05) is 30.3 Å². The number of ether oxygens (including phenoxy) is 2. The van der Waals surface area contributed by atoms with Gasteiger partial charge in [0.05, 0.1) is 10.1 Å². The van der Waals surface area contributed by atoms with Gasteiger partial charge in [-0.25, -0.2) is 22.4 Å². The van der Waals surface area contributed by atoms with Gasteiger partial charge in [0.2, 0.25) is 0 Å². The number of sulfone groups is 1. The third-order valence-corrected chi connectivity index (χ3v) is 10.1. The summed E-state index contributed by atoms with van der Waals surface area (Å²) in [6, 6.07) is 16.9. The van der Waals surface area contributed by atoms with Crippen molar-refractivity contribution in [3.8, 4) is 0 Å². The van der Waals surface area contributed by atoms with Crippen LogP contribution in [-0.2, 0) is 30.7 Å². The van der Waals surface area contributed by atoms with Crippen molar-refractivity contribution < 1.29 is 32.6 Å². The fourth-order valence-electron chi connectivity index (χ4n) is 5.09. The number of halogens is 1. The molecule has 4 N–H and O–H groups in total. The van der Waals surface area contributed by atoms with Crippen LogP contribution in [0.15, 0.2) is 82.6 Å². The maximum Gasteiger partial charge on any atom is 0.411 e. The molecule has 14 heteroatoms. The van der Waals surface area contributed by atoms with E-state index in [0.29, 0.717) is 46.3 Å². The van der Waals surface area contributed by atoms with Gasteiger partial charge in [0, 0.05) is 43.7 Å². The van der Waals surface area contributed by atoms with E-state index in [-0.39, 0.29) is 23.6 Å². The Balaban J connectivity index is 1.23.